The van der Waals surface area contributed by atoms with Crippen molar-refractivity contribution in [3.05, 3.63) is 28.3 Å². The molecule has 6 nitrogen and oxygen atoms in total. The van der Waals surface area contributed by atoms with E-state index in [2.05, 4.69) is 5.32 Å². The van der Waals surface area contributed by atoms with E-state index in [-0.39, 0.29) is 17.5 Å². The Hall–Kier alpha value is -1.82. The third-order valence-electron chi connectivity index (χ3n) is 3.20. The van der Waals surface area contributed by atoms with Gasteiger partial charge in [0.25, 0.3) is 0 Å². The van der Waals surface area contributed by atoms with Gasteiger partial charge >= 0.3 is 5.69 Å². The van der Waals surface area contributed by atoms with Gasteiger partial charge < -0.3 is 14.8 Å². The molecule has 1 atom stereocenters. The molecule has 0 spiro atoms. The number of nitrogens with zero attached hydrogens (tertiary/aromatic N) is 1. The Morgan fingerprint density at radius 2 is 2.37 bits per heavy atom. The summed E-state index contributed by atoms with van der Waals surface area (Å²) in [5.74, 6) is 0.263. The number of nitro benzene ring substituents is 1. The van der Waals surface area contributed by atoms with Gasteiger partial charge in [-0.15, -0.1) is 0 Å². The average Bonchev–Trinajstić information content (AvgIpc) is 2.45. The summed E-state index contributed by atoms with van der Waals surface area (Å²) in [6.45, 7) is 1.35. The summed E-state index contributed by atoms with van der Waals surface area (Å²) in [6, 6.07) is 5.00. The summed E-state index contributed by atoms with van der Waals surface area (Å²) in [5, 5.41) is 14.2. The Balaban J connectivity index is 2.08. The molecule has 0 saturated carbocycles. The second-order valence-electron chi connectivity index (χ2n) is 4.48. The molecule has 0 bridgehead atoms. The van der Waals surface area contributed by atoms with Gasteiger partial charge in [0.05, 0.1) is 18.1 Å². The number of anilines is 1. The van der Waals surface area contributed by atoms with Gasteiger partial charge in [0, 0.05) is 13.2 Å². The summed E-state index contributed by atoms with van der Waals surface area (Å²) in [6.07, 6.45) is 3.35. The molecule has 104 valence electrons. The van der Waals surface area contributed by atoms with Gasteiger partial charge in [-0.2, -0.15) is 0 Å². The van der Waals surface area contributed by atoms with E-state index < -0.39 is 4.92 Å². The third kappa shape index (κ3) is 3.35. The summed E-state index contributed by atoms with van der Waals surface area (Å²) in [4.78, 5) is 10.7. The minimum atomic E-state index is -0.428. The van der Waals surface area contributed by atoms with Gasteiger partial charge in [-0.1, -0.05) is 6.07 Å². The molecule has 0 amide bonds. The first-order chi connectivity index (χ1) is 9.22. The zero-order chi connectivity index (χ0) is 13.7. The molecule has 0 radical (unpaired) electrons. The highest BCUT2D eigenvalue weighted by Crippen LogP contribution is 2.34. The molecule has 0 aromatic heterocycles. The first kappa shape index (κ1) is 13.6. The molecule has 1 aromatic carbocycles. The molecule has 6 heteroatoms. The molecule has 1 N–H and O–H groups in total. The van der Waals surface area contributed by atoms with Gasteiger partial charge in [0.1, 0.15) is 5.69 Å². The van der Waals surface area contributed by atoms with Crippen molar-refractivity contribution in [3.63, 3.8) is 0 Å². The van der Waals surface area contributed by atoms with Crippen LogP contribution < -0.4 is 10.1 Å². The maximum atomic E-state index is 11.1. The number of para-hydroxylation sites is 1. The molecule has 0 aliphatic carbocycles. The number of methoxy groups -OCH3 is 1. The molecule has 1 fully saturated rings. The molecule has 1 aliphatic rings. The van der Waals surface area contributed by atoms with E-state index in [1.807, 2.05) is 0 Å². The summed E-state index contributed by atoms with van der Waals surface area (Å²) < 4.78 is 10.6. The quantitative estimate of drug-likeness (QED) is 0.655. The molecule has 1 saturated heterocycles. The first-order valence-corrected chi connectivity index (χ1v) is 6.39. The second-order valence-corrected chi connectivity index (χ2v) is 4.48. The molecule has 19 heavy (non-hydrogen) atoms. The zero-order valence-electron chi connectivity index (χ0n) is 10.9. The van der Waals surface area contributed by atoms with E-state index in [9.17, 15) is 10.1 Å². The van der Waals surface area contributed by atoms with Crippen molar-refractivity contribution in [3.8, 4) is 5.75 Å². The fourth-order valence-electron chi connectivity index (χ4n) is 2.21. The van der Waals surface area contributed by atoms with E-state index in [0.29, 0.717) is 12.2 Å². The van der Waals surface area contributed by atoms with Crippen LogP contribution in [0.25, 0.3) is 0 Å². The van der Waals surface area contributed by atoms with Crippen LogP contribution in [0.3, 0.4) is 0 Å². The van der Waals surface area contributed by atoms with Crippen LogP contribution in [0, 0.1) is 10.1 Å². The molecule has 1 heterocycles. The number of hydrogen-bond donors (Lipinski definition) is 1. The Morgan fingerprint density at radius 3 is 3.00 bits per heavy atom. The van der Waals surface area contributed by atoms with Crippen LogP contribution in [0.2, 0.25) is 0 Å². The van der Waals surface area contributed by atoms with E-state index in [1.165, 1.54) is 7.11 Å². The lowest BCUT2D eigenvalue weighted by Gasteiger charge is -2.23. The lowest BCUT2D eigenvalue weighted by atomic mass is 10.1. The van der Waals surface area contributed by atoms with Crippen LogP contribution in [0.15, 0.2) is 18.2 Å². The third-order valence-corrected chi connectivity index (χ3v) is 3.20. The fraction of sp³-hybridized carbons (Fsp3) is 0.538. The Labute approximate surface area is 111 Å². The Morgan fingerprint density at radius 1 is 1.53 bits per heavy atom. The largest absolute Gasteiger partial charge is 0.490 e. The molecule has 1 aromatic rings. The molecule has 1 unspecified atom stereocenters. The number of hydrogen-bond acceptors (Lipinski definition) is 5. The smallest absolute Gasteiger partial charge is 0.333 e. The maximum Gasteiger partial charge on any atom is 0.333 e. The van der Waals surface area contributed by atoms with E-state index in [4.69, 9.17) is 9.47 Å². The van der Waals surface area contributed by atoms with Crippen molar-refractivity contribution in [2.45, 2.75) is 25.4 Å². The van der Waals surface area contributed by atoms with E-state index in [1.54, 1.807) is 18.2 Å². The minimum Gasteiger partial charge on any atom is -0.490 e. The highest BCUT2D eigenvalue weighted by Gasteiger charge is 2.21. The van der Waals surface area contributed by atoms with Gasteiger partial charge in [-0.25, -0.2) is 0 Å². The van der Waals surface area contributed by atoms with Gasteiger partial charge in [-0.3, -0.25) is 10.1 Å². The van der Waals surface area contributed by atoms with Crippen LogP contribution in [0.1, 0.15) is 19.3 Å². The predicted molar refractivity (Wildman–Crippen MR) is 71.7 cm³/mol. The second kappa shape index (κ2) is 6.38. The van der Waals surface area contributed by atoms with Crippen LogP contribution in [-0.2, 0) is 4.74 Å². The van der Waals surface area contributed by atoms with E-state index >= 15 is 0 Å². The van der Waals surface area contributed by atoms with Crippen molar-refractivity contribution < 1.29 is 14.4 Å². The normalized spacial score (nSPS) is 18.9. The number of nitro groups is 1. The van der Waals surface area contributed by atoms with Crippen molar-refractivity contribution in [2.75, 3.05) is 25.6 Å². The predicted octanol–water partition coefficient (Wildman–Crippen LogP) is 2.58. The Kier molecular flexibility index (Phi) is 4.57. The van der Waals surface area contributed by atoms with Crippen LogP contribution >= 0.6 is 0 Å². The van der Waals surface area contributed by atoms with E-state index in [0.717, 1.165) is 25.9 Å². The molecular formula is C13H18N2O4. The summed E-state index contributed by atoms with van der Waals surface area (Å²) >= 11 is 0. The van der Waals surface area contributed by atoms with Crippen LogP contribution in [0.4, 0.5) is 11.4 Å². The number of ether oxygens (including phenoxy) is 2. The van der Waals surface area contributed by atoms with Crippen molar-refractivity contribution in [1.82, 2.24) is 0 Å². The van der Waals surface area contributed by atoms with Crippen LogP contribution in [0.5, 0.6) is 5.75 Å². The maximum absolute atomic E-state index is 11.1. The zero-order valence-corrected chi connectivity index (χ0v) is 10.9. The minimum absolute atomic E-state index is 0.0270. The first-order valence-electron chi connectivity index (χ1n) is 6.39. The summed E-state index contributed by atoms with van der Waals surface area (Å²) in [5.41, 5.74) is 0.444. The highest BCUT2D eigenvalue weighted by molar-refractivity contribution is 5.68. The highest BCUT2D eigenvalue weighted by atomic mass is 16.6. The average molecular weight is 266 g/mol. The van der Waals surface area contributed by atoms with Gasteiger partial charge in [0.15, 0.2) is 5.75 Å². The Bertz CT molecular complexity index is 444. The number of benzene rings is 1. The van der Waals surface area contributed by atoms with Gasteiger partial charge in [-0.05, 0) is 31.4 Å². The van der Waals surface area contributed by atoms with Crippen molar-refractivity contribution in [1.29, 1.82) is 0 Å². The molecular weight excluding hydrogens is 248 g/mol. The van der Waals surface area contributed by atoms with Crippen molar-refractivity contribution >= 4 is 11.4 Å². The summed E-state index contributed by atoms with van der Waals surface area (Å²) in [7, 11) is 1.43. The SMILES string of the molecule is COc1cccc(NCC2CCCCO2)c1[N+](=O)[O-]. The fourth-order valence-corrected chi connectivity index (χ4v) is 2.21. The molecule has 2 rings (SSSR count). The van der Waals surface area contributed by atoms with Crippen LogP contribution in [-0.4, -0.2) is 31.3 Å². The number of rotatable bonds is 5. The lowest BCUT2D eigenvalue weighted by molar-refractivity contribution is -0.384. The standard InChI is InChI=1S/C13H18N2O4/c1-18-12-7-4-6-11(13(12)15(16)17)14-9-10-5-2-3-8-19-10/h4,6-7,10,14H,2-3,5,8-9H2,1H3. The van der Waals surface area contributed by atoms with Crippen molar-refractivity contribution in [2.24, 2.45) is 0 Å². The topological polar surface area (TPSA) is 73.6 Å². The number of nitrogens with one attached hydrogen (secondary N) is 1. The van der Waals surface area contributed by atoms with Gasteiger partial charge in [0.2, 0.25) is 0 Å². The monoisotopic (exact) mass is 266 g/mol. The lowest BCUT2D eigenvalue weighted by Crippen LogP contribution is -2.27. The molecule has 1 aliphatic heterocycles.